The van der Waals surface area contributed by atoms with Crippen LogP contribution in [0.4, 0.5) is 4.79 Å². The van der Waals surface area contributed by atoms with Crippen LogP contribution in [0.25, 0.3) is 21.9 Å². The molecular weight excluding hydrogens is 424 g/mol. The fraction of sp³-hybridized carbons (Fsp3) is 0.450. The molecule has 0 saturated heterocycles. The molecule has 8 heteroatoms. The molecule has 0 bridgehead atoms. The number of aryl methyl sites for hydroxylation is 1. The SMILES string of the molecule is CCN(Cc1nc2c[n+]([O-])c3cc(Br)ccc3c2n1CC)C(=O)OC(C)(C)C. The normalized spacial score (nSPS) is 11.9. The van der Waals surface area contributed by atoms with Gasteiger partial charge in [-0.3, -0.25) is 0 Å². The molecule has 0 aliphatic carbocycles. The minimum atomic E-state index is -0.562. The number of amides is 1. The molecule has 3 aromatic rings. The lowest BCUT2D eigenvalue weighted by molar-refractivity contribution is -0.575. The van der Waals surface area contributed by atoms with Crippen molar-refractivity contribution in [2.45, 2.75) is 53.3 Å². The summed E-state index contributed by atoms with van der Waals surface area (Å²) in [5, 5.41) is 13.3. The zero-order valence-electron chi connectivity index (χ0n) is 16.8. The molecule has 0 fully saturated rings. The van der Waals surface area contributed by atoms with Crippen molar-refractivity contribution in [2.75, 3.05) is 6.54 Å². The highest BCUT2D eigenvalue weighted by Gasteiger charge is 2.24. The highest BCUT2D eigenvalue weighted by atomic mass is 79.9. The summed E-state index contributed by atoms with van der Waals surface area (Å²) in [7, 11) is 0. The van der Waals surface area contributed by atoms with E-state index in [1.807, 2.05) is 46.8 Å². The molecule has 0 spiro atoms. The molecule has 1 aromatic carbocycles. The lowest BCUT2D eigenvalue weighted by atomic mass is 10.2. The number of hydrogen-bond donors (Lipinski definition) is 0. The molecule has 150 valence electrons. The number of hydrogen-bond acceptors (Lipinski definition) is 4. The van der Waals surface area contributed by atoms with Crippen LogP contribution >= 0.6 is 15.9 Å². The molecule has 3 rings (SSSR count). The summed E-state index contributed by atoms with van der Waals surface area (Å²) in [6.07, 6.45) is 1.11. The van der Waals surface area contributed by atoms with E-state index in [1.165, 1.54) is 6.20 Å². The maximum atomic E-state index is 12.5. The van der Waals surface area contributed by atoms with Gasteiger partial charge in [0.1, 0.15) is 11.4 Å². The Hall–Kier alpha value is -2.35. The Morgan fingerprint density at radius 1 is 1.36 bits per heavy atom. The van der Waals surface area contributed by atoms with E-state index in [0.717, 1.165) is 25.9 Å². The molecular formula is C20H25BrN4O3. The smallest absolute Gasteiger partial charge is 0.410 e. The first-order valence-electron chi connectivity index (χ1n) is 9.33. The minimum Gasteiger partial charge on any atom is -0.618 e. The van der Waals surface area contributed by atoms with Crippen molar-refractivity contribution < 1.29 is 14.3 Å². The van der Waals surface area contributed by atoms with Gasteiger partial charge in [-0.1, -0.05) is 15.9 Å². The van der Waals surface area contributed by atoms with Gasteiger partial charge >= 0.3 is 6.09 Å². The van der Waals surface area contributed by atoms with E-state index >= 15 is 0 Å². The quantitative estimate of drug-likeness (QED) is 0.438. The topological polar surface area (TPSA) is 74.3 Å². The van der Waals surface area contributed by atoms with Gasteiger partial charge < -0.3 is 19.4 Å². The Kier molecular flexibility index (Phi) is 5.52. The Morgan fingerprint density at radius 3 is 2.68 bits per heavy atom. The van der Waals surface area contributed by atoms with E-state index in [2.05, 4.69) is 25.5 Å². The van der Waals surface area contributed by atoms with Crippen LogP contribution in [-0.4, -0.2) is 32.7 Å². The van der Waals surface area contributed by atoms with Crippen LogP contribution < -0.4 is 4.73 Å². The lowest BCUT2D eigenvalue weighted by Crippen LogP contribution is -2.37. The van der Waals surface area contributed by atoms with Crippen molar-refractivity contribution in [3.05, 3.63) is 39.9 Å². The third kappa shape index (κ3) is 3.92. The summed E-state index contributed by atoms with van der Waals surface area (Å²) < 4.78 is 9.24. The van der Waals surface area contributed by atoms with Crippen molar-refractivity contribution in [1.29, 1.82) is 0 Å². The number of nitrogens with zero attached hydrogens (tertiary/aromatic N) is 4. The molecule has 0 radical (unpaired) electrons. The first-order valence-corrected chi connectivity index (χ1v) is 10.1. The minimum absolute atomic E-state index is 0.310. The third-order valence-corrected chi connectivity index (χ3v) is 4.94. The first-order chi connectivity index (χ1) is 13.1. The maximum Gasteiger partial charge on any atom is 0.410 e. The second kappa shape index (κ2) is 7.58. The molecule has 0 aliphatic rings. The fourth-order valence-electron chi connectivity index (χ4n) is 3.23. The predicted octanol–water partition coefficient (Wildman–Crippen LogP) is 4.36. The number of benzene rings is 1. The van der Waals surface area contributed by atoms with Gasteiger partial charge in [-0.2, -0.15) is 4.73 Å². The van der Waals surface area contributed by atoms with Gasteiger partial charge in [-0.15, -0.1) is 0 Å². The van der Waals surface area contributed by atoms with Gasteiger partial charge in [0.05, 0.1) is 17.4 Å². The van der Waals surface area contributed by atoms with Gasteiger partial charge in [0, 0.05) is 23.6 Å². The summed E-state index contributed by atoms with van der Waals surface area (Å²) in [4.78, 5) is 18.8. The summed E-state index contributed by atoms with van der Waals surface area (Å²) in [5.74, 6) is 0.723. The molecule has 0 atom stereocenters. The molecule has 0 saturated carbocycles. The molecule has 2 aromatic heterocycles. The second-order valence-electron chi connectivity index (χ2n) is 7.62. The van der Waals surface area contributed by atoms with Crippen molar-refractivity contribution in [3.63, 3.8) is 0 Å². The standard InChI is InChI=1S/C20H25BrN4O3/c1-6-23(19(26)28-20(3,4)5)12-17-22-15-11-25(27)16-10-13(21)8-9-14(16)18(15)24(17)7-2/h8-11H,6-7,12H2,1-5H3. The van der Waals surface area contributed by atoms with Crippen LogP contribution in [0, 0.1) is 5.21 Å². The number of imidazole rings is 1. The molecule has 0 N–H and O–H groups in total. The fourth-order valence-corrected chi connectivity index (χ4v) is 3.57. The highest BCUT2D eigenvalue weighted by molar-refractivity contribution is 9.10. The molecule has 28 heavy (non-hydrogen) atoms. The van der Waals surface area contributed by atoms with Crippen LogP contribution in [0.2, 0.25) is 0 Å². The number of rotatable bonds is 4. The Bertz CT molecular complexity index is 1040. The number of carbonyl (C=O) groups excluding carboxylic acids is 1. The van der Waals surface area contributed by atoms with Gasteiger partial charge in [-0.25, -0.2) is 9.78 Å². The van der Waals surface area contributed by atoms with Crippen LogP contribution in [0.3, 0.4) is 0 Å². The van der Waals surface area contributed by atoms with Crippen LogP contribution in [0.15, 0.2) is 28.9 Å². The maximum absolute atomic E-state index is 12.5. The van der Waals surface area contributed by atoms with E-state index in [0.29, 0.717) is 30.7 Å². The van der Waals surface area contributed by atoms with E-state index in [1.54, 1.807) is 11.0 Å². The summed E-state index contributed by atoms with van der Waals surface area (Å²) >= 11 is 3.42. The molecule has 2 heterocycles. The largest absolute Gasteiger partial charge is 0.618 e. The number of pyridine rings is 1. The lowest BCUT2D eigenvalue weighted by Gasteiger charge is -2.26. The Balaban J connectivity index is 2.09. The molecule has 1 amide bonds. The number of aromatic nitrogens is 3. The second-order valence-corrected chi connectivity index (χ2v) is 8.53. The summed E-state index contributed by atoms with van der Waals surface area (Å²) in [6, 6.07) is 5.63. The highest BCUT2D eigenvalue weighted by Crippen LogP contribution is 2.27. The molecule has 7 nitrogen and oxygen atoms in total. The molecule has 0 unspecified atom stereocenters. The number of fused-ring (bicyclic) bond motifs is 3. The van der Waals surface area contributed by atoms with Gasteiger partial charge in [0.2, 0.25) is 11.7 Å². The average molecular weight is 449 g/mol. The number of ether oxygens (including phenoxy) is 1. The van der Waals surface area contributed by atoms with E-state index < -0.39 is 5.60 Å². The monoisotopic (exact) mass is 448 g/mol. The van der Waals surface area contributed by atoms with Gasteiger partial charge in [-0.05, 0) is 46.8 Å². The van der Waals surface area contributed by atoms with Crippen molar-refractivity contribution in [2.24, 2.45) is 0 Å². The first kappa shape index (κ1) is 20.4. The Labute approximate surface area is 172 Å². The summed E-state index contributed by atoms with van der Waals surface area (Å²) in [6.45, 7) is 10.9. The summed E-state index contributed by atoms with van der Waals surface area (Å²) in [5.41, 5.74) is 1.52. The van der Waals surface area contributed by atoms with Crippen molar-refractivity contribution >= 4 is 44.0 Å². The van der Waals surface area contributed by atoms with Crippen molar-refractivity contribution in [1.82, 2.24) is 14.5 Å². The zero-order valence-corrected chi connectivity index (χ0v) is 18.4. The zero-order chi connectivity index (χ0) is 20.6. The van der Waals surface area contributed by atoms with Crippen LogP contribution in [-0.2, 0) is 17.8 Å². The Morgan fingerprint density at radius 2 is 2.07 bits per heavy atom. The third-order valence-electron chi connectivity index (χ3n) is 4.45. The van der Waals surface area contributed by atoms with Crippen LogP contribution in [0.1, 0.15) is 40.4 Å². The average Bonchev–Trinajstić information content (AvgIpc) is 2.95. The van der Waals surface area contributed by atoms with Gasteiger partial charge in [0.25, 0.3) is 0 Å². The van der Waals surface area contributed by atoms with Gasteiger partial charge in [0.15, 0.2) is 5.52 Å². The molecule has 0 aliphatic heterocycles. The van der Waals surface area contributed by atoms with Crippen LogP contribution in [0.5, 0.6) is 0 Å². The predicted molar refractivity (Wildman–Crippen MR) is 112 cm³/mol. The van der Waals surface area contributed by atoms with Crippen molar-refractivity contribution in [3.8, 4) is 0 Å². The number of halogens is 1. The van der Waals surface area contributed by atoms with E-state index in [-0.39, 0.29) is 6.09 Å². The number of carbonyl (C=O) groups is 1. The van der Waals surface area contributed by atoms with E-state index in [9.17, 15) is 10.0 Å². The van der Waals surface area contributed by atoms with E-state index in [4.69, 9.17) is 4.74 Å².